The smallest absolute Gasteiger partial charge is 0.338 e. The van der Waals surface area contributed by atoms with E-state index in [0.717, 1.165) is 5.69 Å². The van der Waals surface area contributed by atoms with Crippen molar-refractivity contribution in [1.82, 2.24) is 9.97 Å². The van der Waals surface area contributed by atoms with Crippen molar-refractivity contribution in [1.29, 1.82) is 0 Å². The summed E-state index contributed by atoms with van der Waals surface area (Å²) in [6.45, 7) is 4.06. The van der Waals surface area contributed by atoms with Crippen molar-refractivity contribution in [2.45, 2.75) is 13.8 Å². The third-order valence-electron chi connectivity index (χ3n) is 2.66. The van der Waals surface area contributed by atoms with Crippen molar-refractivity contribution < 1.29 is 9.90 Å². The van der Waals surface area contributed by atoms with E-state index in [0.29, 0.717) is 5.95 Å². The van der Waals surface area contributed by atoms with Crippen LogP contribution in [-0.4, -0.2) is 21.0 Å². The minimum atomic E-state index is -1.03. The zero-order chi connectivity index (χ0) is 13.1. The second kappa shape index (κ2) is 4.83. The van der Waals surface area contributed by atoms with Crippen LogP contribution in [0.25, 0.3) is 0 Å². The highest BCUT2D eigenvalue weighted by atomic mass is 16.4. The van der Waals surface area contributed by atoms with Gasteiger partial charge in [-0.2, -0.15) is 0 Å². The van der Waals surface area contributed by atoms with Crippen LogP contribution in [-0.2, 0) is 0 Å². The molecule has 1 aromatic heterocycles. The Bertz CT molecular complexity index is 579. The summed E-state index contributed by atoms with van der Waals surface area (Å²) in [5, 5.41) is 11.8. The van der Waals surface area contributed by atoms with Crippen LogP contribution in [0.4, 0.5) is 11.6 Å². The van der Waals surface area contributed by atoms with Crippen molar-refractivity contribution in [2.75, 3.05) is 5.32 Å². The minimum absolute atomic E-state index is 0.0700. The molecule has 0 saturated heterocycles. The predicted octanol–water partition coefficient (Wildman–Crippen LogP) is 2.54. The topological polar surface area (TPSA) is 75.1 Å². The third kappa shape index (κ3) is 2.63. The lowest BCUT2D eigenvalue weighted by molar-refractivity contribution is 0.0696. The van der Waals surface area contributed by atoms with E-state index in [2.05, 4.69) is 15.3 Å². The summed E-state index contributed by atoms with van der Waals surface area (Å²) < 4.78 is 0. The lowest BCUT2D eigenvalue weighted by Gasteiger charge is -2.07. The number of hydrogen-bond donors (Lipinski definition) is 2. The summed E-state index contributed by atoms with van der Waals surface area (Å²) >= 11 is 0. The Kier molecular flexibility index (Phi) is 3.23. The van der Waals surface area contributed by atoms with E-state index in [1.165, 1.54) is 23.5 Å². The number of carboxylic acids is 1. The van der Waals surface area contributed by atoms with Crippen molar-refractivity contribution >= 4 is 17.6 Å². The summed E-state index contributed by atoms with van der Waals surface area (Å²) in [4.78, 5) is 18.5. The van der Waals surface area contributed by atoms with Gasteiger partial charge in [-0.05, 0) is 37.1 Å². The molecule has 0 radical (unpaired) electrons. The van der Waals surface area contributed by atoms with E-state index in [-0.39, 0.29) is 5.56 Å². The fourth-order valence-electron chi connectivity index (χ4n) is 1.45. The molecule has 0 aliphatic heterocycles. The lowest BCUT2D eigenvalue weighted by atomic mass is 10.1. The average Bonchev–Trinajstić information content (AvgIpc) is 2.34. The van der Waals surface area contributed by atoms with Crippen LogP contribution in [0.3, 0.4) is 0 Å². The first kappa shape index (κ1) is 12.0. The monoisotopic (exact) mass is 243 g/mol. The Balaban J connectivity index is 2.18. The first-order chi connectivity index (χ1) is 8.56. The summed E-state index contributed by atoms with van der Waals surface area (Å²) in [7, 11) is 0. The van der Waals surface area contributed by atoms with E-state index >= 15 is 0 Å². The van der Waals surface area contributed by atoms with Crippen LogP contribution in [0.1, 0.15) is 21.5 Å². The zero-order valence-corrected chi connectivity index (χ0v) is 10.1. The number of aryl methyl sites for hydroxylation is 2. The van der Waals surface area contributed by atoms with Crippen LogP contribution >= 0.6 is 0 Å². The second-order valence-corrected chi connectivity index (χ2v) is 4.02. The van der Waals surface area contributed by atoms with Gasteiger partial charge >= 0.3 is 5.97 Å². The summed E-state index contributed by atoms with van der Waals surface area (Å²) in [5.74, 6) is -0.656. The van der Waals surface area contributed by atoms with Crippen LogP contribution in [0.5, 0.6) is 0 Å². The molecule has 5 nitrogen and oxygen atoms in total. The number of anilines is 2. The number of aromatic nitrogens is 2. The second-order valence-electron chi connectivity index (χ2n) is 4.02. The number of benzene rings is 1. The van der Waals surface area contributed by atoms with Gasteiger partial charge in [0.2, 0.25) is 5.95 Å². The molecule has 1 aromatic carbocycles. The number of nitrogens with one attached hydrogen (secondary N) is 1. The molecule has 0 unspecified atom stereocenters. The molecule has 0 saturated carbocycles. The number of aromatic carboxylic acids is 1. The van der Waals surface area contributed by atoms with Gasteiger partial charge in [-0.3, -0.25) is 0 Å². The molecule has 0 aliphatic carbocycles. The largest absolute Gasteiger partial charge is 0.478 e. The predicted molar refractivity (Wildman–Crippen MR) is 68.2 cm³/mol. The molecule has 0 fully saturated rings. The van der Waals surface area contributed by atoms with Crippen molar-refractivity contribution in [3.63, 3.8) is 0 Å². The van der Waals surface area contributed by atoms with Gasteiger partial charge in [0.1, 0.15) is 0 Å². The molecule has 92 valence electrons. The molecule has 0 spiro atoms. The summed E-state index contributed by atoms with van der Waals surface area (Å²) in [5.41, 5.74) is 3.33. The molecule has 0 amide bonds. The molecule has 2 N–H and O–H groups in total. The Hall–Kier alpha value is -2.43. The number of rotatable bonds is 3. The molecule has 0 bridgehead atoms. The summed E-state index contributed by atoms with van der Waals surface area (Å²) in [6.07, 6.45) is 2.55. The normalized spacial score (nSPS) is 10.1. The maximum atomic E-state index is 10.7. The first-order valence-electron chi connectivity index (χ1n) is 5.46. The van der Waals surface area contributed by atoms with Crippen LogP contribution in [0.15, 0.2) is 30.6 Å². The van der Waals surface area contributed by atoms with Gasteiger partial charge in [0, 0.05) is 18.1 Å². The molecule has 18 heavy (non-hydrogen) atoms. The Morgan fingerprint density at radius 3 is 2.39 bits per heavy atom. The Morgan fingerprint density at radius 1 is 1.17 bits per heavy atom. The quantitative estimate of drug-likeness (QED) is 0.866. The van der Waals surface area contributed by atoms with Gasteiger partial charge in [-0.15, -0.1) is 0 Å². The van der Waals surface area contributed by atoms with Gasteiger partial charge in [0.25, 0.3) is 0 Å². The van der Waals surface area contributed by atoms with E-state index in [1.54, 1.807) is 0 Å². The highest BCUT2D eigenvalue weighted by molar-refractivity contribution is 5.86. The molecule has 2 aromatic rings. The molecule has 2 rings (SSSR count). The number of nitrogens with zero attached hydrogens (tertiary/aromatic N) is 2. The molecular weight excluding hydrogens is 230 g/mol. The molecular formula is C13H13N3O2. The number of hydrogen-bond acceptors (Lipinski definition) is 4. The fraction of sp³-hybridized carbons (Fsp3) is 0.154. The van der Waals surface area contributed by atoms with Gasteiger partial charge in [0.15, 0.2) is 0 Å². The number of carbonyl (C=O) groups is 1. The lowest BCUT2D eigenvalue weighted by Crippen LogP contribution is -2.02. The van der Waals surface area contributed by atoms with Gasteiger partial charge in [-0.25, -0.2) is 14.8 Å². The van der Waals surface area contributed by atoms with Crippen LogP contribution in [0, 0.1) is 13.8 Å². The summed E-state index contributed by atoms with van der Waals surface area (Å²) in [6, 6.07) is 5.92. The SMILES string of the molecule is Cc1ccc(Nc2ncc(C(=O)O)cn2)cc1C. The van der Waals surface area contributed by atoms with Crippen molar-refractivity contribution in [3.8, 4) is 0 Å². The third-order valence-corrected chi connectivity index (χ3v) is 2.66. The highest BCUT2D eigenvalue weighted by Crippen LogP contribution is 2.17. The van der Waals surface area contributed by atoms with Crippen LogP contribution in [0.2, 0.25) is 0 Å². The fourth-order valence-corrected chi connectivity index (χ4v) is 1.45. The number of carboxylic acid groups (broad SMARTS) is 1. The van der Waals surface area contributed by atoms with E-state index in [9.17, 15) is 4.79 Å². The van der Waals surface area contributed by atoms with Crippen molar-refractivity contribution in [3.05, 3.63) is 47.3 Å². The van der Waals surface area contributed by atoms with Crippen LogP contribution < -0.4 is 5.32 Å². The molecule has 0 aliphatic rings. The Morgan fingerprint density at radius 2 is 1.83 bits per heavy atom. The van der Waals surface area contributed by atoms with Gasteiger partial charge in [0.05, 0.1) is 5.56 Å². The molecule has 0 atom stereocenters. The maximum Gasteiger partial charge on any atom is 0.338 e. The average molecular weight is 243 g/mol. The Labute approximate surface area is 105 Å². The first-order valence-corrected chi connectivity index (χ1v) is 5.46. The minimum Gasteiger partial charge on any atom is -0.478 e. The van der Waals surface area contributed by atoms with Gasteiger partial charge in [-0.1, -0.05) is 6.07 Å². The zero-order valence-electron chi connectivity index (χ0n) is 10.1. The van der Waals surface area contributed by atoms with E-state index < -0.39 is 5.97 Å². The van der Waals surface area contributed by atoms with Gasteiger partial charge < -0.3 is 10.4 Å². The highest BCUT2D eigenvalue weighted by Gasteiger charge is 2.04. The van der Waals surface area contributed by atoms with E-state index in [4.69, 9.17) is 5.11 Å². The molecule has 1 heterocycles. The van der Waals surface area contributed by atoms with E-state index in [1.807, 2.05) is 32.0 Å². The standard InChI is InChI=1S/C13H13N3O2/c1-8-3-4-11(5-9(8)2)16-13-14-6-10(7-15-13)12(17)18/h3-7H,1-2H3,(H,17,18)(H,14,15,16). The maximum absolute atomic E-state index is 10.7. The molecule has 5 heteroatoms. The van der Waals surface area contributed by atoms with Crippen molar-refractivity contribution in [2.24, 2.45) is 0 Å².